The number of methoxy groups -OCH3 is 1. The van der Waals surface area contributed by atoms with Gasteiger partial charge in [0.15, 0.2) is 0 Å². The second-order valence-electron chi connectivity index (χ2n) is 4.12. The normalized spacial score (nSPS) is 9.90. The molecule has 20 heavy (non-hydrogen) atoms. The quantitative estimate of drug-likeness (QED) is 0.844. The third-order valence-electron chi connectivity index (χ3n) is 2.78. The molecular weight excluding hydrogens is 254 g/mol. The van der Waals surface area contributed by atoms with Gasteiger partial charge >= 0.3 is 5.97 Å². The topological polar surface area (TPSA) is 47.6 Å². The van der Waals surface area contributed by atoms with Gasteiger partial charge in [-0.3, -0.25) is 0 Å². The number of rotatable bonds is 5. The molecule has 2 aromatic carbocycles. The fourth-order valence-electron chi connectivity index (χ4n) is 1.81. The Balaban J connectivity index is 2.13. The summed E-state index contributed by atoms with van der Waals surface area (Å²) in [7, 11) is 1.63. The third kappa shape index (κ3) is 3.29. The molecule has 0 aliphatic carbocycles. The Morgan fingerprint density at radius 1 is 1.10 bits per heavy atom. The lowest BCUT2D eigenvalue weighted by molar-refractivity contribution is 0.0526. The monoisotopic (exact) mass is 271 g/mol. The highest BCUT2D eigenvalue weighted by atomic mass is 16.5. The van der Waals surface area contributed by atoms with Crippen LogP contribution in [0.5, 0.6) is 5.75 Å². The van der Waals surface area contributed by atoms with Gasteiger partial charge in [-0.25, -0.2) is 4.79 Å². The molecule has 0 heterocycles. The number of benzene rings is 2. The van der Waals surface area contributed by atoms with Crippen LogP contribution in [0.15, 0.2) is 48.5 Å². The van der Waals surface area contributed by atoms with E-state index in [0.717, 1.165) is 17.1 Å². The molecule has 4 nitrogen and oxygen atoms in total. The molecule has 0 aromatic heterocycles. The Kier molecular flexibility index (Phi) is 4.60. The van der Waals surface area contributed by atoms with Crippen molar-refractivity contribution in [3.05, 3.63) is 54.1 Å². The Morgan fingerprint density at radius 2 is 1.80 bits per heavy atom. The number of carbonyl (C=O) groups excluding carboxylic acids is 1. The lowest BCUT2D eigenvalue weighted by Crippen LogP contribution is -2.04. The molecule has 2 aromatic rings. The van der Waals surface area contributed by atoms with Crippen LogP contribution in [0.2, 0.25) is 0 Å². The number of nitrogens with one attached hydrogen (secondary N) is 1. The summed E-state index contributed by atoms with van der Waals surface area (Å²) in [4.78, 5) is 11.6. The van der Waals surface area contributed by atoms with E-state index >= 15 is 0 Å². The summed E-state index contributed by atoms with van der Waals surface area (Å²) in [6.07, 6.45) is 0. The molecule has 0 aliphatic rings. The van der Waals surface area contributed by atoms with Crippen LogP contribution in [-0.2, 0) is 4.74 Å². The lowest BCUT2D eigenvalue weighted by Gasteiger charge is -2.11. The van der Waals surface area contributed by atoms with Crippen molar-refractivity contribution >= 4 is 17.3 Å². The maximum absolute atomic E-state index is 11.6. The average molecular weight is 271 g/mol. The summed E-state index contributed by atoms with van der Waals surface area (Å²) in [5, 5.41) is 3.24. The van der Waals surface area contributed by atoms with Crippen LogP contribution in [0.1, 0.15) is 17.3 Å². The zero-order valence-corrected chi connectivity index (χ0v) is 11.6. The van der Waals surface area contributed by atoms with Crippen molar-refractivity contribution in [2.45, 2.75) is 6.92 Å². The van der Waals surface area contributed by atoms with E-state index in [1.54, 1.807) is 26.2 Å². The molecule has 0 unspecified atom stereocenters. The van der Waals surface area contributed by atoms with Gasteiger partial charge in [0.05, 0.1) is 25.0 Å². The van der Waals surface area contributed by atoms with Crippen LogP contribution < -0.4 is 10.1 Å². The van der Waals surface area contributed by atoms with Crippen molar-refractivity contribution in [1.82, 2.24) is 0 Å². The molecule has 1 N–H and O–H groups in total. The van der Waals surface area contributed by atoms with Gasteiger partial charge in [-0.1, -0.05) is 12.1 Å². The molecule has 0 atom stereocenters. The number of para-hydroxylation sites is 2. The van der Waals surface area contributed by atoms with E-state index in [4.69, 9.17) is 9.47 Å². The average Bonchev–Trinajstić information content (AvgIpc) is 2.49. The first-order valence-corrected chi connectivity index (χ1v) is 6.42. The standard InChI is InChI=1S/C16H17NO3/c1-3-20-16(18)12-8-10-13(11-9-12)17-14-6-4-5-7-15(14)19-2/h4-11,17H,3H2,1-2H3. The summed E-state index contributed by atoms with van der Waals surface area (Å²) in [6, 6.07) is 14.8. The molecule has 0 saturated heterocycles. The van der Waals surface area contributed by atoms with Crippen molar-refractivity contribution in [1.29, 1.82) is 0 Å². The van der Waals surface area contributed by atoms with E-state index in [1.165, 1.54) is 0 Å². The SMILES string of the molecule is CCOC(=O)c1ccc(Nc2ccccc2OC)cc1. The summed E-state index contributed by atoms with van der Waals surface area (Å²) >= 11 is 0. The van der Waals surface area contributed by atoms with E-state index in [9.17, 15) is 4.79 Å². The number of ether oxygens (including phenoxy) is 2. The first kappa shape index (κ1) is 13.9. The lowest BCUT2D eigenvalue weighted by atomic mass is 10.2. The highest BCUT2D eigenvalue weighted by Crippen LogP contribution is 2.27. The zero-order valence-electron chi connectivity index (χ0n) is 11.6. The Hall–Kier alpha value is -2.49. The maximum Gasteiger partial charge on any atom is 0.338 e. The minimum atomic E-state index is -0.309. The molecule has 2 rings (SSSR count). The van der Waals surface area contributed by atoms with Crippen LogP contribution in [0.4, 0.5) is 11.4 Å². The molecule has 0 aliphatic heterocycles. The molecule has 4 heteroatoms. The Morgan fingerprint density at radius 3 is 2.45 bits per heavy atom. The summed E-state index contributed by atoms with van der Waals surface area (Å²) in [5.41, 5.74) is 2.29. The van der Waals surface area contributed by atoms with Gasteiger partial charge < -0.3 is 14.8 Å². The van der Waals surface area contributed by atoms with E-state index in [-0.39, 0.29) is 5.97 Å². The molecule has 0 saturated carbocycles. The highest BCUT2D eigenvalue weighted by Gasteiger charge is 2.06. The van der Waals surface area contributed by atoms with E-state index < -0.39 is 0 Å². The van der Waals surface area contributed by atoms with Crippen LogP contribution in [0, 0.1) is 0 Å². The summed E-state index contributed by atoms with van der Waals surface area (Å²) in [6.45, 7) is 2.16. The van der Waals surface area contributed by atoms with Gasteiger partial charge in [-0.15, -0.1) is 0 Å². The summed E-state index contributed by atoms with van der Waals surface area (Å²) in [5.74, 6) is 0.457. The number of carbonyl (C=O) groups is 1. The van der Waals surface area contributed by atoms with Crippen molar-refractivity contribution in [3.63, 3.8) is 0 Å². The molecule has 0 amide bonds. The van der Waals surface area contributed by atoms with Crippen molar-refractivity contribution in [2.24, 2.45) is 0 Å². The van der Waals surface area contributed by atoms with Gasteiger partial charge in [0, 0.05) is 5.69 Å². The van der Waals surface area contributed by atoms with Crippen LogP contribution in [0.3, 0.4) is 0 Å². The van der Waals surface area contributed by atoms with Crippen molar-refractivity contribution in [2.75, 3.05) is 19.0 Å². The van der Waals surface area contributed by atoms with Gasteiger partial charge in [0.25, 0.3) is 0 Å². The van der Waals surface area contributed by atoms with E-state index in [1.807, 2.05) is 36.4 Å². The number of hydrogen-bond donors (Lipinski definition) is 1. The molecule has 0 fully saturated rings. The zero-order chi connectivity index (χ0) is 14.4. The maximum atomic E-state index is 11.6. The fraction of sp³-hybridized carbons (Fsp3) is 0.188. The first-order valence-electron chi connectivity index (χ1n) is 6.42. The largest absolute Gasteiger partial charge is 0.495 e. The smallest absolute Gasteiger partial charge is 0.338 e. The minimum Gasteiger partial charge on any atom is -0.495 e. The first-order chi connectivity index (χ1) is 9.74. The van der Waals surface area contributed by atoms with Gasteiger partial charge in [0.1, 0.15) is 5.75 Å². The third-order valence-corrected chi connectivity index (χ3v) is 2.78. The fourth-order valence-corrected chi connectivity index (χ4v) is 1.81. The van der Waals surface area contributed by atoms with Crippen LogP contribution >= 0.6 is 0 Å². The molecule has 0 radical (unpaired) electrons. The molecule has 104 valence electrons. The molecule has 0 spiro atoms. The van der Waals surface area contributed by atoms with Crippen LogP contribution in [0.25, 0.3) is 0 Å². The predicted octanol–water partition coefficient (Wildman–Crippen LogP) is 3.62. The minimum absolute atomic E-state index is 0.309. The number of hydrogen-bond acceptors (Lipinski definition) is 4. The number of esters is 1. The van der Waals surface area contributed by atoms with Crippen molar-refractivity contribution < 1.29 is 14.3 Å². The molecular formula is C16H17NO3. The summed E-state index contributed by atoms with van der Waals surface area (Å²) < 4.78 is 10.2. The second-order valence-corrected chi connectivity index (χ2v) is 4.12. The Bertz CT molecular complexity index is 579. The predicted molar refractivity (Wildman–Crippen MR) is 78.7 cm³/mol. The molecule has 0 bridgehead atoms. The van der Waals surface area contributed by atoms with E-state index in [2.05, 4.69) is 5.32 Å². The van der Waals surface area contributed by atoms with Crippen molar-refractivity contribution in [3.8, 4) is 5.75 Å². The Labute approximate surface area is 118 Å². The van der Waals surface area contributed by atoms with E-state index in [0.29, 0.717) is 12.2 Å². The van der Waals surface area contributed by atoms with Crippen LogP contribution in [-0.4, -0.2) is 19.7 Å². The van der Waals surface area contributed by atoms with Gasteiger partial charge in [-0.2, -0.15) is 0 Å². The second kappa shape index (κ2) is 6.61. The van der Waals surface area contributed by atoms with Gasteiger partial charge in [0.2, 0.25) is 0 Å². The van der Waals surface area contributed by atoms with Gasteiger partial charge in [-0.05, 0) is 43.3 Å². The number of anilines is 2. The highest BCUT2D eigenvalue weighted by molar-refractivity contribution is 5.90.